The standard InChI is InChI=1S/C13H21NO4S/c1-4-18-11(3)8-14-19(16,17)13-6-5-10(2)12(7-13)9-15/h5-7,11,14-15H,4,8-9H2,1-3H3. The van der Waals surface area contributed by atoms with Gasteiger partial charge in [0.2, 0.25) is 10.0 Å². The van der Waals surface area contributed by atoms with E-state index in [1.807, 2.05) is 13.8 Å². The van der Waals surface area contributed by atoms with E-state index in [4.69, 9.17) is 9.84 Å². The minimum absolute atomic E-state index is 0.158. The summed E-state index contributed by atoms with van der Waals surface area (Å²) in [7, 11) is -3.56. The molecule has 2 N–H and O–H groups in total. The molecule has 0 bridgehead atoms. The van der Waals surface area contributed by atoms with Crippen LogP contribution in [0.1, 0.15) is 25.0 Å². The van der Waals surface area contributed by atoms with E-state index in [0.717, 1.165) is 5.56 Å². The minimum Gasteiger partial charge on any atom is -0.392 e. The highest BCUT2D eigenvalue weighted by atomic mass is 32.2. The molecule has 0 amide bonds. The Kier molecular flexibility index (Phi) is 5.93. The molecule has 1 atom stereocenters. The Bertz CT molecular complexity index is 513. The number of rotatable bonds is 7. The number of sulfonamides is 1. The van der Waals surface area contributed by atoms with Gasteiger partial charge in [0.1, 0.15) is 0 Å². The molecular weight excluding hydrogens is 266 g/mol. The van der Waals surface area contributed by atoms with Crippen LogP contribution in [0.25, 0.3) is 0 Å². The van der Waals surface area contributed by atoms with E-state index in [1.165, 1.54) is 12.1 Å². The number of aliphatic hydroxyl groups excluding tert-OH is 1. The smallest absolute Gasteiger partial charge is 0.240 e. The third-order valence-corrected chi connectivity index (χ3v) is 4.23. The predicted octanol–water partition coefficient (Wildman–Crippen LogP) is 1.19. The summed E-state index contributed by atoms with van der Waals surface area (Å²) in [5, 5.41) is 9.16. The molecule has 0 fully saturated rings. The van der Waals surface area contributed by atoms with Gasteiger partial charge in [0.05, 0.1) is 17.6 Å². The highest BCUT2D eigenvalue weighted by molar-refractivity contribution is 7.89. The molecule has 5 nitrogen and oxygen atoms in total. The van der Waals surface area contributed by atoms with Crippen molar-refractivity contribution in [2.24, 2.45) is 0 Å². The number of hydrogen-bond donors (Lipinski definition) is 2. The van der Waals surface area contributed by atoms with E-state index in [1.54, 1.807) is 13.0 Å². The van der Waals surface area contributed by atoms with E-state index in [0.29, 0.717) is 12.2 Å². The van der Waals surface area contributed by atoms with Gasteiger partial charge in [0.15, 0.2) is 0 Å². The summed E-state index contributed by atoms with van der Waals surface area (Å²) in [4.78, 5) is 0.158. The van der Waals surface area contributed by atoms with Gasteiger partial charge in [-0.2, -0.15) is 0 Å². The second-order valence-corrected chi connectivity index (χ2v) is 6.13. The zero-order valence-corrected chi connectivity index (χ0v) is 12.3. The van der Waals surface area contributed by atoms with E-state index >= 15 is 0 Å². The Balaban J connectivity index is 2.83. The fraction of sp³-hybridized carbons (Fsp3) is 0.538. The van der Waals surface area contributed by atoms with Crippen molar-refractivity contribution in [2.75, 3.05) is 13.2 Å². The van der Waals surface area contributed by atoms with E-state index < -0.39 is 10.0 Å². The fourth-order valence-corrected chi connectivity index (χ4v) is 2.80. The number of aliphatic hydroxyl groups is 1. The molecule has 0 aliphatic heterocycles. The van der Waals surface area contributed by atoms with Crippen LogP contribution in [0.3, 0.4) is 0 Å². The second-order valence-electron chi connectivity index (χ2n) is 4.36. The monoisotopic (exact) mass is 287 g/mol. The first kappa shape index (κ1) is 16.1. The highest BCUT2D eigenvalue weighted by Gasteiger charge is 2.16. The van der Waals surface area contributed by atoms with Crippen LogP contribution in [-0.2, 0) is 21.4 Å². The molecular formula is C13H21NO4S. The molecule has 0 spiro atoms. The SMILES string of the molecule is CCOC(C)CNS(=O)(=O)c1ccc(C)c(CO)c1. The van der Waals surface area contributed by atoms with Gasteiger partial charge in [-0.15, -0.1) is 0 Å². The van der Waals surface area contributed by atoms with Gasteiger partial charge in [-0.05, 0) is 44.0 Å². The molecule has 0 saturated heterocycles. The molecule has 0 heterocycles. The molecule has 0 aliphatic rings. The maximum Gasteiger partial charge on any atom is 0.240 e. The van der Waals surface area contributed by atoms with E-state index in [-0.39, 0.29) is 24.2 Å². The van der Waals surface area contributed by atoms with Crippen molar-refractivity contribution < 1.29 is 18.3 Å². The summed E-state index contributed by atoms with van der Waals surface area (Å²) in [6.45, 7) is 6.08. The van der Waals surface area contributed by atoms with E-state index in [2.05, 4.69) is 4.72 Å². The van der Waals surface area contributed by atoms with Gasteiger partial charge >= 0.3 is 0 Å². The van der Waals surface area contributed by atoms with Crippen LogP contribution >= 0.6 is 0 Å². The van der Waals surface area contributed by atoms with Crippen molar-refractivity contribution in [2.45, 2.75) is 38.4 Å². The maximum atomic E-state index is 12.1. The van der Waals surface area contributed by atoms with Gasteiger partial charge in [0, 0.05) is 13.2 Å². The van der Waals surface area contributed by atoms with E-state index in [9.17, 15) is 8.42 Å². The number of hydrogen-bond acceptors (Lipinski definition) is 4. The summed E-state index contributed by atoms with van der Waals surface area (Å²) in [5.74, 6) is 0. The zero-order chi connectivity index (χ0) is 14.5. The Labute approximate surface area is 114 Å². The molecule has 1 rings (SSSR count). The first-order valence-electron chi connectivity index (χ1n) is 6.22. The first-order chi connectivity index (χ1) is 8.90. The number of ether oxygens (including phenoxy) is 1. The van der Waals surface area contributed by atoms with Gasteiger partial charge in [0.25, 0.3) is 0 Å². The molecule has 1 aromatic carbocycles. The highest BCUT2D eigenvalue weighted by Crippen LogP contribution is 2.15. The topological polar surface area (TPSA) is 75.6 Å². The van der Waals surface area contributed by atoms with Crippen molar-refractivity contribution in [3.8, 4) is 0 Å². The third kappa shape index (κ3) is 4.58. The zero-order valence-electron chi connectivity index (χ0n) is 11.5. The van der Waals surface area contributed by atoms with Crippen LogP contribution in [-0.4, -0.2) is 32.8 Å². The third-order valence-electron chi connectivity index (χ3n) is 2.81. The minimum atomic E-state index is -3.56. The van der Waals surface area contributed by atoms with Gasteiger partial charge in [-0.25, -0.2) is 13.1 Å². The fourth-order valence-electron chi connectivity index (χ4n) is 1.64. The summed E-state index contributed by atoms with van der Waals surface area (Å²) in [5.41, 5.74) is 1.48. The van der Waals surface area contributed by atoms with Crippen LogP contribution in [0, 0.1) is 6.92 Å². The number of nitrogens with one attached hydrogen (secondary N) is 1. The van der Waals surface area contributed by atoms with Crippen LogP contribution in [0.4, 0.5) is 0 Å². The second kappa shape index (κ2) is 7.00. The van der Waals surface area contributed by atoms with Crippen LogP contribution < -0.4 is 4.72 Å². The van der Waals surface area contributed by atoms with Crippen LogP contribution in [0.2, 0.25) is 0 Å². The lowest BCUT2D eigenvalue weighted by Crippen LogP contribution is -2.32. The molecule has 19 heavy (non-hydrogen) atoms. The van der Waals surface area contributed by atoms with Crippen molar-refractivity contribution in [3.63, 3.8) is 0 Å². The molecule has 0 aromatic heterocycles. The van der Waals surface area contributed by atoms with Gasteiger partial charge < -0.3 is 9.84 Å². The van der Waals surface area contributed by atoms with Gasteiger partial charge in [-0.3, -0.25) is 0 Å². The van der Waals surface area contributed by atoms with Crippen LogP contribution in [0.15, 0.2) is 23.1 Å². The Hall–Kier alpha value is -0.950. The quantitative estimate of drug-likeness (QED) is 0.790. The summed E-state index contributed by atoms with van der Waals surface area (Å²) >= 11 is 0. The molecule has 6 heteroatoms. The Morgan fingerprint density at radius 3 is 2.68 bits per heavy atom. The molecule has 0 saturated carbocycles. The van der Waals surface area contributed by atoms with Crippen LogP contribution in [0.5, 0.6) is 0 Å². The van der Waals surface area contributed by atoms with Crippen molar-refractivity contribution in [3.05, 3.63) is 29.3 Å². The summed E-state index contributed by atoms with van der Waals surface area (Å²) in [6.07, 6.45) is -0.178. The summed E-state index contributed by atoms with van der Waals surface area (Å²) < 4.78 is 31.9. The largest absolute Gasteiger partial charge is 0.392 e. The molecule has 1 aromatic rings. The molecule has 1 unspecified atom stereocenters. The van der Waals surface area contributed by atoms with Crippen molar-refractivity contribution in [1.82, 2.24) is 4.72 Å². The average Bonchev–Trinajstić information content (AvgIpc) is 2.37. The van der Waals surface area contributed by atoms with Crippen molar-refractivity contribution in [1.29, 1.82) is 0 Å². The first-order valence-corrected chi connectivity index (χ1v) is 7.70. The normalized spacial score (nSPS) is 13.5. The molecule has 108 valence electrons. The van der Waals surface area contributed by atoms with Crippen molar-refractivity contribution >= 4 is 10.0 Å². The maximum absolute atomic E-state index is 12.1. The predicted molar refractivity (Wildman–Crippen MR) is 73.4 cm³/mol. The molecule has 0 radical (unpaired) electrons. The lowest BCUT2D eigenvalue weighted by atomic mass is 10.1. The summed E-state index contributed by atoms with van der Waals surface area (Å²) in [6, 6.07) is 4.71. The lowest BCUT2D eigenvalue weighted by Gasteiger charge is -2.13. The number of benzene rings is 1. The lowest BCUT2D eigenvalue weighted by molar-refractivity contribution is 0.0799. The molecule has 0 aliphatic carbocycles. The number of aryl methyl sites for hydroxylation is 1. The average molecular weight is 287 g/mol. The Morgan fingerprint density at radius 2 is 2.11 bits per heavy atom. The Morgan fingerprint density at radius 1 is 1.42 bits per heavy atom. The van der Waals surface area contributed by atoms with Gasteiger partial charge in [-0.1, -0.05) is 6.07 Å².